The van der Waals surface area contributed by atoms with E-state index in [-0.39, 0.29) is 5.91 Å². The molecule has 0 unspecified atom stereocenters. The molecule has 0 aromatic heterocycles. The molecule has 0 radical (unpaired) electrons. The predicted molar refractivity (Wildman–Crippen MR) is 107 cm³/mol. The van der Waals surface area contributed by atoms with Crippen LogP contribution in [0.15, 0.2) is 48.5 Å². The summed E-state index contributed by atoms with van der Waals surface area (Å²) in [5.74, 6) is -1.16. The number of hydrogen-bond acceptors (Lipinski definition) is 4. The topological polar surface area (TPSA) is 84.5 Å². The summed E-state index contributed by atoms with van der Waals surface area (Å²) in [5, 5.41) is 5.33. The fourth-order valence-corrected chi connectivity index (χ4v) is 3.01. The van der Waals surface area contributed by atoms with Gasteiger partial charge in [-0.3, -0.25) is 9.59 Å². The van der Waals surface area contributed by atoms with Crippen LogP contribution >= 0.6 is 22.6 Å². The lowest BCUT2D eigenvalue weighted by Crippen LogP contribution is -2.43. The van der Waals surface area contributed by atoms with Crippen LogP contribution < -0.4 is 10.6 Å². The summed E-state index contributed by atoms with van der Waals surface area (Å²) in [6.45, 7) is 1.39. The molecule has 2 amide bonds. The third kappa shape index (κ3) is 5.55. The molecule has 2 rings (SSSR count). The van der Waals surface area contributed by atoms with Gasteiger partial charge in [-0.05, 0) is 52.4 Å². The standard InChI is InChI=1S/C19H19IN2O4/c1-12(23)21-15-8-5-7-14(10-15)18(24)22-17(19(25)26-2)11-13-6-3-4-9-16(13)20/h3-10,17H,11H2,1-2H3,(H,21,23)(H,22,24)/t17-/m0/s1. The highest BCUT2D eigenvalue weighted by atomic mass is 127. The van der Waals surface area contributed by atoms with Crippen LogP contribution in [0.4, 0.5) is 5.69 Å². The number of halogens is 1. The fraction of sp³-hybridized carbons (Fsp3) is 0.211. The number of rotatable bonds is 6. The molecule has 7 heteroatoms. The molecule has 0 heterocycles. The van der Waals surface area contributed by atoms with Crippen LogP contribution in [0, 0.1) is 3.57 Å². The summed E-state index contributed by atoms with van der Waals surface area (Å²) in [5.41, 5.74) is 1.79. The number of nitrogens with one attached hydrogen (secondary N) is 2. The van der Waals surface area contributed by atoms with Crippen molar-refractivity contribution in [3.8, 4) is 0 Å². The van der Waals surface area contributed by atoms with E-state index in [1.165, 1.54) is 14.0 Å². The molecule has 0 spiro atoms. The summed E-state index contributed by atoms with van der Waals surface area (Å²) in [6, 6.07) is 13.3. The van der Waals surface area contributed by atoms with E-state index >= 15 is 0 Å². The maximum atomic E-state index is 12.6. The highest BCUT2D eigenvalue weighted by molar-refractivity contribution is 14.1. The highest BCUT2D eigenvalue weighted by Crippen LogP contribution is 2.15. The van der Waals surface area contributed by atoms with E-state index in [9.17, 15) is 14.4 Å². The number of carbonyl (C=O) groups excluding carboxylic acids is 3. The van der Waals surface area contributed by atoms with Crippen molar-refractivity contribution in [1.82, 2.24) is 5.32 Å². The van der Waals surface area contributed by atoms with E-state index < -0.39 is 17.9 Å². The van der Waals surface area contributed by atoms with Crippen LogP contribution in [0.5, 0.6) is 0 Å². The number of amides is 2. The zero-order chi connectivity index (χ0) is 19.1. The Hall–Kier alpha value is -2.42. The Balaban J connectivity index is 2.17. The lowest BCUT2D eigenvalue weighted by atomic mass is 10.1. The van der Waals surface area contributed by atoms with E-state index in [0.717, 1.165) is 9.13 Å². The minimum atomic E-state index is -0.812. The quantitative estimate of drug-likeness (QED) is 0.507. The number of benzene rings is 2. The van der Waals surface area contributed by atoms with Crippen LogP contribution in [0.1, 0.15) is 22.8 Å². The first kappa shape index (κ1) is 19.9. The van der Waals surface area contributed by atoms with Crippen molar-refractivity contribution in [1.29, 1.82) is 0 Å². The Kier molecular flexibility index (Phi) is 7.14. The van der Waals surface area contributed by atoms with E-state index in [1.54, 1.807) is 24.3 Å². The van der Waals surface area contributed by atoms with Crippen LogP contribution in [0.2, 0.25) is 0 Å². The van der Waals surface area contributed by atoms with Crippen LogP contribution in [-0.2, 0) is 20.7 Å². The second kappa shape index (κ2) is 9.33. The van der Waals surface area contributed by atoms with Gasteiger partial charge in [-0.25, -0.2) is 4.79 Å². The number of carbonyl (C=O) groups is 3. The smallest absolute Gasteiger partial charge is 0.328 e. The van der Waals surface area contributed by atoms with E-state index in [2.05, 4.69) is 33.2 Å². The molecular weight excluding hydrogens is 447 g/mol. The zero-order valence-corrected chi connectivity index (χ0v) is 16.6. The summed E-state index contributed by atoms with van der Waals surface area (Å²) >= 11 is 2.18. The van der Waals surface area contributed by atoms with Crippen LogP contribution in [-0.4, -0.2) is 30.9 Å². The Bertz CT molecular complexity index is 823. The Morgan fingerprint density at radius 3 is 2.50 bits per heavy atom. The van der Waals surface area contributed by atoms with Gasteiger partial charge in [-0.2, -0.15) is 0 Å². The molecular formula is C19H19IN2O4. The summed E-state index contributed by atoms with van der Waals surface area (Å²) in [6.07, 6.45) is 0.322. The summed E-state index contributed by atoms with van der Waals surface area (Å²) < 4.78 is 5.83. The van der Waals surface area contributed by atoms with E-state index in [0.29, 0.717) is 17.7 Å². The Labute approximate surface area is 165 Å². The molecule has 0 aliphatic carbocycles. The van der Waals surface area contributed by atoms with Crippen LogP contribution in [0.25, 0.3) is 0 Å². The monoisotopic (exact) mass is 466 g/mol. The minimum absolute atomic E-state index is 0.228. The molecule has 0 fully saturated rings. The maximum Gasteiger partial charge on any atom is 0.328 e. The first-order chi connectivity index (χ1) is 12.4. The second-order valence-electron chi connectivity index (χ2n) is 5.61. The molecule has 2 aromatic carbocycles. The van der Waals surface area contributed by atoms with Gasteiger partial charge in [0, 0.05) is 28.2 Å². The van der Waals surface area contributed by atoms with Gasteiger partial charge in [0.25, 0.3) is 5.91 Å². The molecule has 2 aromatic rings. The summed E-state index contributed by atoms with van der Waals surface area (Å²) in [4.78, 5) is 35.8. The second-order valence-corrected chi connectivity index (χ2v) is 6.77. The number of hydrogen-bond donors (Lipinski definition) is 2. The average molecular weight is 466 g/mol. The Morgan fingerprint density at radius 1 is 1.12 bits per heavy atom. The van der Waals surface area contributed by atoms with Crippen molar-refractivity contribution in [2.75, 3.05) is 12.4 Å². The van der Waals surface area contributed by atoms with E-state index in [4.69, 9.17) is 4.74 Å². The molecule has 2 N–H and O–H groups in total. The lowest BCUT2D eigenvalue weighted by molar-refractivity contribution is -0.142. The molecule has 6 nitrogen and oxygen atoms in total. The van der Waals surface area contributed by atoms with Crippen LogP contribution in [0.3, 0.4) is 0 Å². The molecule has 0 bridgehead atoms. The van der Waals surface area contributed by atoms with Crippen molar-refractivity contribution in [2.45, 2.75) is 19.4 Å². The van der Waals surface area contributed by atoms with Gasteiger partial charge in [0.05, 0.1) is 7.11 Å². The van der Waals surface area contributed by atoms with Gasteiger partial charge < -0.3 is 15.4 Å². The van der Waals surface area contributed by atoms with Crippen molar-refractivity contribution < 1.29 is 19.1 Å². The first-order valence-electron chi connectivity index (χ1n) is 7.90. The van der Waals surface area contributed by atoms with E-state index in [1.807, 2.05) is 24.3 Å². The van der Waals surface area contributed by atoms with Gasteiger partial charge in [-0.1, -0.05) is 24.3 Å². The number of esters is 1. The van der Waals surface area contributed by atoms with Gasteiger partial charge in [-0.15, -0.1) is 0 Å². The fourth-order valence-electron chi connectivity index (χ4n) is 2.40. The molecule has 0 saturated heterocycles. The third-order valence-corrected chi connectivity index (χ3v) is 4.67. The minimum Gasteiger partial charge on any atom is -0.467 e. The number of methoxy groups -OCH3 is 1. The number of ether oxygens (including phenoxy) is 1. The molecule has 1 atom stereocenters. The first-order valence-corrected chi connectivity index (χ1v) is 8.98. The molecule has 0 saturated carbocycles. The van der Waals surface area contributed by atoms with Crippen molar-refractivity contribution in [3.05, 3.63) is 63.2 Å². The van der Waals surface area contributed by atoms with Crippen molar-refractivity contribution in [3.63, 3.8) is 0 Å². The van der Waals surface area contributed by atoms with Crippen molar-refractivity contribution in [2.24, 2.45) is 0 Å². The third-order valence-electron chi connectivity index (χ3n) is 3.62. The van der Waals surface area contributed by atoms with Crippen molar-refractivity contribution >= 4 is 46.1 Å². The predicted octanol–water partition coefficient (Wildman–Crippen LogP) is 2.76. The van der Waals surface area contributed by atoms with Gasteiger partial charge >= 0.3 is 5.97 Å². The molecule has 136 valence electrons. The largest absolute Gasteiger partial charge is 0.467 e. The lowest BCUT2D eigenvalue weighted by Gasteiger charge is -2.17. The SMILES string of the molecule is COC(=O)[C@H](Cc1ccccc1I)NC(=O)c1cccc(NC(C)=O)c1. The normalized spacial score (nSPS) is 11.3. The molecule has 0 aliphatic rings. The van der Waals surface area contributed by atoms with Gasteiger partial charge in [0.2, 0.25) is 5.91 Å². The summed E-state index contributed by atoms with van der Waals surface area (Å²) in [7, 11) is 1.29. The Morgan fingerprint density at radius 2 is 1.85 bits per heavy atom. The van der Waals surface area contributed by atoms with Gasteiger partial charge in [0.1, 0.15) is 6.04 Å². The maximum absolute atomic E-state index is 12.6. The highest BCUT2D eigenvalue weighted by Gasteiger charge is 2.23. The molecule has 26 heavy (non-hydrogen) atoms. The zero-order valence-electron chi connectivity index (χ0n) is 14.4. The number of anilines is 1. The average Bonchev–Trinajstić information content (AvgIpc) is 2.61. The van der Waals surface area contributed by atoms with Gasteiger partial charge in [0.15, 0.2) is 0 Å². The molecule has 0 aliphatic heterocycles.